The average molecular weight is 320 g/mol. The Morgan fingerprint density at radius 2 is 1.48 bits per heavy atom. The molecule has 0 aliphatic rings. The van der Waals surface area contributed by atoms with E-state index in [1.807, 2.05) is 45.0 Å². The van der Waals surface area contributed by atoms with E-state index in [0.29, 0.717) is 13.2 Å². The molecule has 1 aromatic rings. The summed E-state index contributed by atoms with van der Waals surface area (Å²) in [5.74, 6) is 0. The summed E-state index contributed by atoms with van der Waals surface area (Å²) >= 11 is 0. The Morgan fingerprint density at radius 1 is 1.05 bits per heavy atom. The fourth-order valence-corrected chi connectivity index (χ4v) is 8.40. The van der Waals surface area contributed by atoms with Gasteiger partial charge in [0, 0.05) is 8.07 Å². The Morgan fingerprint density at radius 3 is 1.81 bits per heavy atom. The van der Waals surface area contributed by atoms with Crippen LogP contribution >= 0.6 is 7.60 Å². The minimum atomic E-state index is -3.21. The van der Waals surface area contributed by atoms with Gasteiger partial charge in [-0.3, -0.25) is 4.57 Å². The van der Waals surface area contributed by atoms with Gasteiger partial charge >= 0.3 is 26.5 Å². The molecular formula is C15H26LiO3PSi. The molecule has 0 N–H and O–H groups in total. The van der Waals surface area contributed by atoms with Gasteiger partial charge in [0.05, 0.1) is 13.2 Å². The van der Waals surface area contributed by atoms with Crippen molar-refractivity contribution in [3.05, 3.63) is 40.7 Å². The summed E-state index contributed by atoms with van der Waals surface area (Å²) in [6, 6.07) is 8.12. The molecule has 1 aromatic carbocycles. The van der Waals surface area contributed by atoms with Crippen LogP contribution in [-0.2, 0) is 13.6 Å². The Bertz CT molecular complexity index is 461. The monoisotopic (exact) mass is 320 g/mol. The van der Waals surface area contributed by atoms with Gasteiger partial charge in [0.15, 0.2) is 0 Å². The first-order chi connectivity index (χ1) is 9.24. The third-order valence-corrected chi connectivity index (χ3v) is 9.45. The molecule has 0 aliphatic carbocycles. The van der Waals surface area contributed by atoms with Crippen LogP contribution in [0.25, 0.3) is 0 Å². The van der Waals surface area contributed by atoms with Crippen LogP contribution in [0.5, 0.6) is 0 Å². The van der Waals surface area contributed by atoms with Gasteiger partial charge in [0.25, 0.3) is 0 Å². The van der Waals surface area contributed by atoms with Crippen molar-refractivity contribution in [3.8, 4) is 0 Å². The predicted octanol–water partition coefficient (Wildman–Crippen LogP) is 2.02. The molecular weight excluding hydrogens is 294 g/mol. The fraction of sp³-hybridized carbons (Fsp3) is 0.533. The second kappa shape index (κ2) is 8.63. The van der Waals surface area contributed by atoms with Gasteiger partial charge in [-0.1, -0.05) is 30.5 Å². The van der Waals surface area contributed by atoms with E-state index in [-0.39, 0.29) is 18.9 Å². The molecule has 0 aliphatic heterocycles. The van der Waals surface area contributed by atoms with Crippen molar-refractivity contribution in [1.82, 2.24) is 0 Å². The molecule has 0 unspecified atom stereocenters. The SMILES string of the molecule is CCOP(=O)(OCC)[C-](c1ccc(C)cc1)[Si](C)(C)C.[Li+]. The summed E-state index contributed by atoms with van der Waals surface area (Å²) in [6.45, 7) is 13.0. The number of hydrogen-bond acceptors (Lipinski definition) is 3. The third kappa shape index (κ3) is 5.64. The molecule has 6 heteroatoms. The second-order valence-electron chi connectivity index (χ2n) is 5.80. The van der Waals surface area contributed by atoms with Crippen molar-refractivity contribution in [2.24, 2.45) is 0 Å². The minimum Gasteiger partial charge on any atom is -0.314 e. The van der Waals surface area contributed by atoms with Crippen LogP contribution in [0, 0.1) is 12.2 Å². The molecule has 0 radical (unpaired) electrons. The Labute approximate surface area is 142 Å². The molecule has 0 atom stereocenters. The quantitative estimate of drug-likeness (QED) is 0.438. The van der Waals surface area contributed by atoms with Gasteiger partial charge in [-0.15, -0.1) is 12.1 Å². The van der Waals surface area contributed by atoms with E-state index in [1.54, 1.807) is 0 Å². The summed E-state index contributed by atoms with van der Waals surface area (Å²) in [5, 5.41) is 0.883. The molecule has 0 amide bonds. The Balaban J connectivity index is 0.00000400. The van der Waals surface area contributed by atoms with Gasteiger partial charge in [-0.2, -0.15) is 17.7 Å². The summed E-state index contributed by atoms with van der Waals surface area (Å²) in [6.07, 6.45) is 0. The van der Waals surface area contributed by atoms with Crippen LogP contribution in [0.3, 0.4) is 0 Å². The summed E-state index contributed by atoms with van der Waals surface area (Å²) in [5.41, 5.74) is 2.17. The van der Waals surface area contributed by atoms with Crippen molar-refractivity contribution >= 4 is 15.7 Å². The van der Waals surface area contributed by atoms with E-state index < -0.39 is 15.7 Å². The van der Waals surface area contributed by atoms with Gasteiger partial charge in [-0.05, 0) is 20.8 Å². The first-order valence-corrected chi connectivity index (χ1v) is 12.1. The van der Waals surface area contributed by atoms with Crippen molar-refractivity contribution in [2.75, 3.05) is 13.2 Å². The van der Waals surface area contributed by atoms with Crippen LogP contribution < -0.4 is 18.9 Å². The number of aryl methyl sites for hydroxylation is 1. The second-order valence-corrected chi connectivity index (χ2v) is 13.2. The zero-order valence-electron chi connectivity index (χ0n) is 14.4. The molecule has 0 saturated carbocycles. The smallest absolute Gasteiger partial charge is 0.314 e. The molecule has 0 aromatic heterocycles. The van der Waals surface area contributed by atoms with Crippen molar-refractivity contribution in [1.29, 1.82) is 0 Å². The molecule has 0 spiro atoms. The molecule has 21 heavy (non-hydrogen) atoms. The molecule has 3 nitrogen and oxygen atoms in total. The standard InChI is InChI=1S/C15H26O3PSi.Li/c1-7-17-19(16,18-8-2)15(20(4,5)6)14-11-9-13(3)10-12-14;/h9-12H,7-8H2,1-6H3;/q-1;+1. The zero-order chi connectivity index (χ0) is 15.4. The summed E-state index contributed by atoms with van der Waals surface area (Å²) in [4.78, 5) is 0. The first kappa shape index (κ1) is 21.1. The molecule has 0 bridgehead atoms. The molecule has 0 heterocycles. The van der Waals surface area contributed by atoms with Gasteiger partial charge in [-0.25, -0.2) is 0 Å². The van der Waals surface area contributed by atoms with E-state index in [1.165, 1.54) is 5.56 Å². The topological polar surface area (TPSA) is 35.5 Å². The number of benzene rings is 1. The molecule has 1 rings (SSSR count). The van der Waals surface area contributed by atoms with E-state index in [9.17, 15) is 4.57 Å². The van der Waals surface area contributed by atoms with Gasteiger partial charge < -0.3 is 9.05 Å². The van der Waals surface area contributed by atoms with Gasteiger partial charge in [0.2, 0.25) is 0 Å². The maximum absolute atomic E-state index is 13.2. The van der Waals surface area contributed by atoms with Crippen LogP contribution in [0.15, 0.2) is 24.3 Å². The fourth-order valence-electron chi connectivity index (χ4n) is 2.22. The third-order valence-electron chi connectivity index (χ3n) is 2.91. The summed E-state index contributed by atoms with van der Waals surface area (Å²) < 4.78 is 24.3. The van der Waals surface area contributed by atoms with Crippen molar-refractivity contribution in [2.45, 2.75) is 40.4 Å². The maximum atomic E-state index is 13.2. The number of rotatable bonds is 7. The summed E-state index contributed by atoms with van der Waals surface area (Å²) in [7, 11) is -5.06. The van der Waals surface area contributed by atoms with Crippen molar-refractivity contribution in [3.63, 3.8) is 0 Å². The van der Waals surface area contributed by atoms with Crippen molar-refractivity contribution < 1.29 is 32.5 Å². The maximum Gasteiger partial charge on any atom is 1.00 e. The molecule has 0 fully saturated rings. The van der Waals surface area contributed by atoms with Crippen LogP contribution in [-0.4, -0.2) is 21.3 Å². The number of hydrogen-bond donors (Lipinski definition) is 0. The molecule has 0 saturated heterocycles. The predicted molar refractivity (Wildman–Crippen MR) is 87.7 cm³/mol. The minimum absolute atomic E-state index is 0. The van der Waals surface area contributed by atoms with E-state index in [4.69, 9.17) is 9.05 Å². The largest absolute Gasteiger partial charge is 1.00 e. The molecule has 114 valence electrons. The van der Waals surface area contributed by atoms with E-state index in [0.717, 1.165) is 10.8 Å². The zero-order valence-corrected chi connectivity index (χ0v) is 16.3. The van der Waals surface area contributed by atoms with Crippen LogP contribution in [0.1, 0.15) is 25.0 Å². The van der Waals surface area contributed by atoms with Crippen LogP contribution in [0.4, 0.5) is 0 Å². The Kier molecular flexibility index (Phi) is 8.65. The average Bonchev–Trinajstić information content (AvgIpc) is 2.30. The van der Waals surface area contributed by atoms with E-state index >= 15 is 0 Å². The Hall–Kier alpha value is 0.0543. The van der Waals surface area contributed by atoms with Gasteiger partial charge in [0.1, 0.15) is 0 Å². The normalized spacial score (nSPS) is 11.9. The first-order valence-electron chi connectivity index (χ1n) is 7.08. The van der Waals surface area contributed by atoms with Crippen LogP contribution in [0.2, 0.25) is 19.6 Å². The van der Waals surface area contributed by atoms with E-state index in [2.05, 4.69) is 19.6 Å².